The van der Waals surface area contributed by atoms with Crippen LogP contribution in [0.3, 0.4) is 0 Å². The van der Waals surface area contributed by atoms with E-state index in [1.54, 1.807) is 0 Å². The van der Waals surface area contributed by atoms with Crippen LogP contribution in [-0.4, -0.2) is 37.7 Å². The van der Waals surface area contributed by atoms with Crippen molar-refractivity contribution in [3.63, 3.8) is 0 Å². The highest BCUT2D eigenvalue weighted by Crippen LogP contribution is 2.82. The molecule has 1 aliphatic rings. The molecule has 0 radical (unpaired) electrons. The molecule has 6 atom stereocenters. The van der Waals surface area contributed by atoms with Gasteiger partial charge in [-0.2, -0.15) is 0 Å². The second-order valence-electron chi connectivity index (χ2n) is 11.5. The van der Waals surface area contributed by atoms with Crippen LogP contribution in [0.2, 0.25) is 0 Å². The molecular formula is C36H66N3O12P3. The molecule has 1 aliphatic heterocycles. The molecule has 0 saturated heterocycles. The van der Waals surface area contributed by atoms with Gasteiger partial charge in [-0.05, 0) is 0 Å². The summed E-state index contributed by atoms with van der Waals surface area (Å²) in [6.07, 6.45) is 8.17. The quantitative estimate of drug-likeness (QED) is 0.0336. The summed E-state index contributed by atoms with van der Waals surface area (Å²) in [6, 6.07) is 0. The summed E-state index contributed by atoms with van der Waals surface area (Å²) in [6.45, 7) is 34.4. The smallest absolute Gasteiger partial charge is 0.355 e. The highest BCUT2D eigenvalue weighted by molar-refractivity contribution is 7.78. The number of hydrogen-bond acceptors (Lipinski definition) is 15. The summed E-state index contributed by atoms with van der Waals surface area (Å²) in [5.74, 6) is 0. The van der Waals surface area contributed by atoms with Crippen LogP contribution in [0.4, 0.5) is 0 Å². The van der Waals surface area contributed by atoms with Gasteiger partial charge in [0.2, 0.25) is 37.7 Å². The van der Waals surface area contributed by atoms with Gasteiger partial charge in [0.25, 0.3) is 0 Å². The minimum absolute atomic E-state index is 0.395. The Morgan fingerprint density at radius 1 is 0.333 bits per heavy atom. The lowest BCUT2D eigenvalue weighted by atomic mass is 10.3. The molecule has 0 bridgehead atoms. The van der Waals surface area contributed by atoms with Crippen molar-refractivity contribution in [3.8, 4) is 0 Å². The maximum Gasteiger partial charge on any atom is 0.355 e. The van der Waals surface area contributed by atoms with E-state index in [0.29, 0.717) is 77.0 Å². The van der Waals surface area contributed by atoms with Crippen LogP contribution >= 0.6 is 23.0 Å². The van der Waals surface area contributed by atoms with Gasteiger partial charge in [-0.25, -0.2) is 0 Å². The second-order valence-corrected chi connectivity index (χ2v) is 17.9. The van der Waals surface area contributed by atoms with Crippen molar-refractivity contribution >= 4 is 23.0 Å². The summed E-state index contributed by atoms with van der Waals surface area (Å²) in [5.41, 5.74) is 0. The molecule has 1 rings (SSSR count). The number of hydrogen-bond donors (Lipinski definition) is 0. The first-order valence-electron chi connectivity index (χ1n) is 18.7. The van der Waals surface area contributed by atoms with E-state index in [1.165, 1.54) is 37.6 Å². The van der Waals surface area contributed by atoms with Crippen LogP contribution < -0.4 is 0 Å². The summed E-state index contributed by atoms with van der Waals surface area (Å²) in [7, 11) is -12.5. The first-order valence-corrected chi connectivity index (χ1v) is 23.3. The summed E-state index contributed by atoms with van der Waals surface area (Å²) in [5, 5.41) is 0. The SMILES string of the molecule is C=COC(CCC)OP1(OC(CCC)OC=C)=NP(OC(CCC)OC=C)(OC(CCC)OC=C)=NP(OC(CCC)OC=C)(OC(CCC)OC=C)=N1. The zero-order chi connectivity index (χ0) is 40.3. The van der Waals surface area contributed by atoms with E-state index >= 15 is 0 Å². The average Bonchev–Trinajstić information content (AvgIpc) is 3.09. The molecule has 18 heteroatoms. The molecule has 0 aromatic rings. The average molecular weight is 826 g/mol. The molecule has 0 saturated carbocycles. The van der Waals surface area contributed by atoms with E-state index < -0.39 is 60.7 Å². The largest absolute Gasteiger partial charge is 0.473 e. The molecule has 54 heavy (non-hydrogen) atoms. The van der Waals surface area contributed by atoms with Gasteiger partial charge < -0.3 is 28.4 Å². The van der Waals surface area contributed by atoms with Crippen molar-refractivity contribution < 1.29 is 55.6 Å². The third-order valence-electron chi connectivity index (χ3n) is 6.84. The molecule has 15 nitrogen and oxygen atoms in total. The Balaban J connectivity index is 4.76. The van der Waals surface area contributed by atoms with E-state index in [-0.39, 0.29) is 0 Å². The Kier molecular flexibility index (Phi) is 25.9. The maximum atomic E-state index is 6.78. The van der Waals surface area contributed by atoms with Crippen molar-refractivity contribution in [3.05, 3.63) is 77.0 Å². The first-order chi connectivity index (χ1) is 26.1. The predicted octanol–water partition coefficient (Wildman–Crippen LogP) is 13.7. The van der Waals surface area contributed by atoms with Crippen molar-refractivity contribution in [1.29, 1.82) is 0 Å². The predicted molar refractivity (Wildman–Crippen MR) is 214 cm³/mol. The monoisotopic (exact) mass is 825 g/mol. The Morgan fingerprint density at radius 3 is 0.593 bits per heavy atom. The molecular weight excluding hydrogens is 759 g/mol. The van der Waals surface area contributed by atoms with Gasteiger partial charge in [-0.1, -0.05) is 120 Å². The van der Waals surface area contributed by atoms with Gasteiger partial charge in [-0.3, -0.25) is 27.1 Å². The van der Waals surface area contributed by atoms with Crippen LogP contribution in [-0.2, 0) is 55.6 Å². The van der Waals surface area contributed by atoms with Gasteiger partial charge in [0.15, 0.2) is 0 Å². The summed E-state index contributed by atoms with van der Waals surface area (Å²) >= 11 is 0. The lowest BCUT2D eigenvalue weighted by Crippen LogP contribution is -2.23. The molecule has 1 heterocycles. The Morgan fingerprint density at radius 2 is 0.481 bits per heavy atom. The number of ether oxygens (including phenoxy) is 6. The molecule has 0 amide bonds. The maximum absolute atomic E-state index is 6.78. The zero-order valence-corrected chi connectivity index (χ0v) is 35.9. The van der Waals surface area contributed by atoms with E-state index in [2.05, 4.69) is 39.5 Å². The lowest BCUT2D eigenvalue weighted by molar-refractivity contribution is -0.0806. The fourth-order valence-corrected chi connectivity index (χ4v) is 14.4. The lowest BCUT2D eigenvalue weighted by Gasteiger charge is -2.38. The van der Waals surface area contributed by atoms with Gasteiger partial charge in [0.05, 0.1) is 37.6 Å². The van der Waals surface area contributed by atoms with Crippen LogP contribution in [0.15, 0.2) is 90.6 Å². The number of rotatable bonds is 36. The van der Waals surface area contributed by atoms with E-state index in [4.69, 9.17) is 69.1 Å². The van der Waals surface area contributed by atoms with Gasteiger partial charge in [-0.15, -0.1) is 13.5 Å². The summed E-state index contributed by atoms with van der Waals surface area (Å²) in [4.78, 5) is 0. The van der Waals surface area contributed by atoms with Crippen LogP contribution in [0.1, 0.15) is 119 Å². The molecule has 6 unspecified atom stereocenters. The fourth-order valence-electron chi connectivity index (χ4n) is 4.66. The molecule has 0 N–H and O–H groups in total. The van der Waals surface area contributed by atoms with Crippen LogP contribution in [0.5, 0.6) is 0 Å². The number of nitrogens with zero attached hydrogens (tertiary/aromatic N) is 3. The van der Waals surface area contributed by atoms with Crippen LogP contribution in [0, 0.1) is 0 Å². The van der Waals surface area contributed by atoms with Crippen molar-refractivity contribution in [1.82, 2.24) is 0 Å². The minimum atomic E-state index is -4.16. The highest BCUT2D eigenvalue weighted by Gasteiger charge is 2.49. The van der Waals surface area contributed by atoms with Crippen molar-refractivity contribution in [2.24, 2.45) is 13.5 Å². The van der Waals surface area contributed by atoms with Gasteiger partial charge >= 0.3 is 23.0 Å². The topological polar surface area (TPSA) is 148 Å². The zero-order valence-electron chi connectivity index (χ0n) is 33.2. The Bertz CT molecular complexity index is 1050. The normalized spacial score (nSPS) is 23.9. The second kappa shape index (κ2) is 28.1. The molecule has 312 valence electrons. The minimum Gasteiger partial charge on any atom is -0.473 e. The fraction of sp³-hybridized carbons (Fsp3) is 0.667. The third-order valence-corrected chi connectivity index (χ3v) is 15.3. The summed E-state index contributed by atoms with van der Waals surface area (Å²) < 4.78 is 91.3. The van der Waals surface area contributed by atoms with Crippen LogP contribution in [0.25, 0.3) is 0 Å². The van der Waals surface area contributed by atoms with E-state index in [0.717, 1.165) is 0 Å². The van der Waals surface area contributed by atoms with E-state index in [9.17, 15) is 0 Å². The van der Waals surface area contributed by atoms with E-state index in [1.807, 2.05) is 41.5 Å². The van der Waals surface area contributed by atoms with Gasteiger partial charge in [0.1, 0.15) is 0 Å². The van der Waals surface area contributed by atoms with Gasteiger partial charge in [0, 0.05) is 38.5 Å². The standard InChI is InChI=1S/C36H66N3O12P3/c1-13-25-31(40-19-7)46-52(47-32(26-14-2)41-20-8)37-53(48-33(27-15-3)42-21-9,49-34(28-16-4)43-22-10)39-54(38-52,50-35(29-17-5)44-23-11)51-36(30-18-6)45-24-12/h19-24,31-36H,7-18,25-30H2,1-6H3. The Hall–Kier alpha value is -2.31. The first kappa shape index (κ1) is 49.7. The third kappa shape index (κ3) is 17.7. The van der Waals surface area contributed by atoms with Crippen molar-refractivity contribution in [2.45, 2.75) is 156 Å². The molecule has 0 aromatic carbocycles. The Labute approximate surface area is 324 Å². The van der Waals surface area contributed by atoms with Crippen molar-refractivity contribution in [2.75, 3.05) is 0 Å². The molecule has 0 spiro atoms. The molecule has 0 fully saturated rings. The molecule has 0 aliphatic carbocycles. The molecule has 0 aromatic heterocycles. The highest BCUT2D eigenvalue weighted by atomic mass is 31.3.